The Morgan fingerprint density at radius 1 is 1.00 bits per heavy atom. The number of carbonyl (C=O) groups is 1. The molecule has 0 radical (unpaired) electrons. The van der Waals surface area contributed by atoms with Crippen molar-refractivity contribution in [3.63, 3.8) is 0 Å². The van der Waals surface area contributed by atoms with Crippen LogP contribution in [0.15, 0.2) is 35.2 Å². The van der Waals surface area contributed by atoms with E-state index in [-0.39, 0.29) is 11.4 Å². The number of hydrogen-bond donors (Lipinski definition) is 0. The van der Waals surface area contributed by atoms with Crippen molar-refractivity contribution in [2.24, 2.45) is 0 Å². The van der Waals surface area contributed by atoms with Gasteiger partial charge >= 0.3 is 5.97 Å². The lowest BCUT2D eigenvalue weighted by Gasteiger charge is -2.34. The van der Waals surface area contributed by atoms with E-state index in [1.54, 1.807) is 0 Å². The monoisotopic (exact) mass is 470 g/mol. The van der Waals surface area contributed by atoms with Gasteiger partial charge in [-0.2, -0.15) is 0 Å². The number of fused-ring (bicyclic) bond motifs is 1. The molecule has 0 aliphatic heterocycles. The van der Waals surface area contributed by atoms with Crippen molar-refractivity contribution in [1.29, 1.82) is 0 Å². The van der Waals surface area contributed by atoms with Crippen molar-refractivity contribution >= 4 is 27.4 Å². The Balaban J connectivity index is 2.09. The largest absolute Gasteiger partial charge is 0.466 e. The molecule has 0 amide bonds. The smallest absolute Gasteiger partial charge is 0.305 e. The van der Waals surface area contributed by atoms with Crippen LogP contribution in [-0.2, 0) is 14.9 Å². The van der Waals surface area contributed by atoms with E-state index in [9.17, 15) is 4.79 Å². The number of esters is 1. The van der Waals surface area contributed by atoms with Gasteiger partial charge < -0.3 is 4.74 Å². The standard InChI is InChI=1S/C30H46O2S/c1-6-8-9-10-11-12-14-17-24(3)30(5,22-16-13-15-18-29(31)32-7-2)27-19-20-28-26(25(27)4)21-23-33-28/h17,19-21,23H,6-16,18,22H2,1-5H3/b24-17+. The van der Waals surface area contributed by atoms with Gasteiger partial charge in [0, 0.05) is 16.5 Å². The van der Waals surface area contributed by atoms with Crippen LogP contribution in [0.1, 0.15) is 116 Å². The number of allylic oxidation sites excluding steroid dienone is 2. The van der Waals surface area contributed by atoms with Gasteiger partial charge in [-0.25, -0.2) is 0 Å². The number of ether oxygens (including phenoxy) is 1. The van der Waals surface area contributed by atoms with Gasteiger partial charge in [0.05, 0.1) is 6.61 Å². The second-order valence-corrected chi connectivity index (χ2v) is 10.7. The van der Waals surface area contributed by atoms with Crippen LogP contribution < -0.4 is 0 Å². The average Bonchev–Trinajstić information content (AvgIpc) is 3.28. The van der Waals surface area contributed by atoms with E-state index >= 15 is 0 Å². The lowest BCUT2D eigenvalue weighted by molar-refractivity contribution is -0.143. The van der Waals surface area contributed by atoms with Crippen molar-refractivity contribution in [2.45, 2.75) is 117 Å². The molecule has 0 aliphatic rings. The summed E-state index contributed by atoms with van der Waals surface area (Å²) in [6, 6.07) is 6.95. The number of carbonyl (C=O) groups excluding carboxylic acids is 1. The van der Waals surface area contributed by atoms with E-state index in [0.717, 1.165) is 25.7 Å². The third-order valence-corrected chi connectivity index (χ3v) is 8.12. The molecule has 2 nitrogen and oxygen atoms in total. The van der Waals surface area contributed by atoms with E-state index < -0.39 is 0 Å². The topological polar surface area (TPSA) is 26.3 Å². The van der Waals surface area contributed by atoms with Crippen molar-refractivity contribution in [2.75, 3.05) is 6.61 Å². The molecule has 2 aromatic rings. The molecular formula is C30H46O2S. The lowest BCUT2D eigenvalue weighted by atomic mass is 9.70. The van der Waals surface area contributed by atoms with Gasteiger partial charge in [0.25, 0.3) is 0 Å². The normalized spacial score (nSPS) is 13.9. The van der Waals surface area contributed by atoms with E-state index in [2.05, 4.69) is 57.4 Å². The Kier molecular flexibility index (Phi) is 12.2. The summed E-state index contributed by atoms with van der Waals surface area (Å²) in [4.78, 5) is 11.7. The second kappa shape index (κ2) is 14.6. The molecule has 1 heterocycles. The first-order valence-electron chi connectivity index (χ1n) is 13.2. The first-order chi connectivity index (χ1) is 15.9. The molecule has 1 unspecified atom stereocenters. The highest BCUT2D eigenvalue weighted by molar-refractivity contribution is 7.17. The predicted octanol–water partition coefficient (Wildman–Crippen LogP) is 9.68. The fourth-order valence-corrected chi connectivity index (χ4v) is 5.80. The molecule has 0 saturated heterocycles. The third kappa shape index (κ3) is 8.28. The van der Waals surface area contributed by atoms with Crippen molar-refractivity contribution in [3.05, 3.63) is 46.4 Å². The maximum Gasteiger partial charge on any atom is 0.305 e. The molecule has 1 aromatic heterocycles. The molecule has 0 spiro atoms. The summed E-state index contributed by atoms with van der Waals surface area (Å²) in [6.07, 6.45) is 16.5. The molecular weight excluding hydrogens is 424 g/mol. The molecule has 0 N–H and O–H groups in total. The van der Waals surface area contributed by atoms with Gasteiger partial charge in [-0.1, -0.05) is 76.5 Å². The highest BCUT2D eigenvalue weighted by atomic mass is 32.1. The van der Waals surface area contributed by atoms with E-state index in [4.69, 9.17) is 4.74 Å². The van der Waals surface area contributed by atoms with Gasteiger partial charge in [0.2, 0.25) is 0 Å². The number of unbranched alkanes of at least 4 members (excludes halogenated alkanes) is 8. The molecule has 0 saturated carbocycles. The fourth-order valence-electron chi connectivity index (χ4n) is 4.96. The van der Waals surface area contributed by atoms with E-state index in [0.29, 0.717) is 13.0 Å². The van der Waals surface area contributed by atoms with Gasteiger partial charge in [-0.15, -0.1) is 11.3 Å². The Labute approximate surface area is 206 Å². The van der Waals surface area contributed by atoms with Crippen LogP contribution in [0.5, 0.6) is 0 Å². The number of benzene rings is 1. The van der Waals surface area contributed by atoms with Crippen molar-refractivity contribution in [1.82, 2.24) is 0 Å². The third-order valence-electron chi connectivity index (χ3n) is 7.24. The molecule has 0 fully saturated rings. The summed E-state index contributed by atoms with van der Waals surface area (Å²) in [5.41, 5.74) is 4.43. The minimum atomic E-state index is -0.0611. The van der Waals surface area contributed by atoms with Gasteiger partial charge in [-0.05, 0) is 80.5 Å². The summed E-state index contributed by atoms with van der Waals surface area (Å²) in [7, 11) is 0. The maximum atomic E-state index is 11.7. The van der Waals surface area contributed by atoms with Gasteiger partial charge in [-0.3, -0.25) is 4.79 Å². The Bertz CT molecular complexity index is 879. The SMILES string of the molecule is CCCCCCCC/C=C(\C)C(C)(CCCCCC(=O)OCC)c1ccc2sccc2c1C. The predicted molar refractivity (Wildman–Crippen MR) is 145 cm³/mol. The summed E-state index contributed by atoms with van der Waals surface area (Å²) in [6.45, 7) is 11.7. The van der Waals surface area contributed by atoms with Crippen molar-refractivity contribution < 1.29 is 9.53 Å². The molecule has 1 atom stereocenters. The Morgan fingerprint density at radius 3 is 2.48 bits per heavy atom. The highest BCUT2D eigenvalue weighted by Crippen LogP contribution is 2.41. The maximum absolute atomic E-state index is 11.7. The van der Waals surface area contributed by atoms with Crippen LogP contribution in [0.25, 0.3) is 10.1 Å². The van der Waals surface area contributed by atoms with Crippen LogP contribution in [0.2, 0.25) is 0 Å². The zero-order chi connectivity index (χ0) is 24.1. The molecule has 0 aliphatic carbocycles. The molecule has 2 rings (SSSR count). The minimum absolute atomic E-state index is 0.0341. The van der Waals surface area contributed by atoms with Crippen molar-refractivity contribution in [3.8, 4) is 0 Å². The number of rotatable bonds is 16. The van der Waals surface area contributed by atoms with Crippen LogP contribution >= 0.6 is 11.3 Å². The lowest BCUT2D eigenvalue weighted by Crippen LogP contribution is -2.25. The Morgan fingerprint density at radius 2 is 1.73 bits per heavy atom. The number of hydrogen-bond acceptors (Lipinski definition) is 3. The van der Waals surface area contributed by atoms with Crippen LogP contribution in [0.3, 0.4) is 0 Å². The number of aryl methyl sites for hydroxylation is 1. The summed E-state index contributed by atoms with van der Waals surface area (Å²) in [5.74, 6) is -0.0611. The number of thiophene rings is 1. The summed E-state index contributed by atoms with van der Waals surface area (Å²) >= 11 is 1.83. The minimum Gasteiger partial charge on any atom is -0.466 e. The summed E-state index contributed by atoms with van der Waals surface area (Å²) in [5, 5.41) is 3.60. The van der Waals surface area contributed by atoms with Gasteiger partial charge in [0.1, 0.15) is 0 Å². The highest BCUT2D eigenvalue weighted by Gasteiger charge is 2.30. The van der Waals surface area contributed by atoms with Crippen LogP contribution in [0, 0.1) is 6.92 Å². The molecule has 184 valence electrons. The molecule has 3 heteroatoms. The zero-order valence-electron chi connectivity index (χ0n) is 21.8. The van der Waals surface area contributed by atoms with Crippen LogP contribution in [0.4, 0.5) is 0 Å². The first-order valence-corrected chi connectivity index (χ1v) is 14.1. The molecule has 0 bridgehead atoms. The van der Waals surface area contributed by atoms with Crippen LogP contribution in [-0.4, -0.2) is 12.6 Å². The fraction of sp³-hybridized carbons (Fsp3) is 0.633. The zero-order valence-corrected chi connectivity index (χ0v) is 22.6. The quantitative estimate of drug-likeness (QED) is 0.139. The average molecular weight is 471 g/mol. The van der Waals surface area contributed by atoms with E-state index in [1.165, 1.54) is 71.7 Å². The molecule has 33 heavy (non-hydrogen) atoms. The van der Waals surface area contributed by atoms with E-state index in [1.807, 2.05) is 18.3 Å². The first kappa shape index (κ1) is 27.6. The second-order valence-electron chi connectivity index (χ2n) is 9.71. The van der Waals surface area contributed by atoms with Gasteiger partial charge in [0.15, 0.2) is 0 Å². The summed E-state index contributed by atoms with van der Waals surface area (Å²) < 4.78 is 6.46. The Hall–Kier alpha value is -1.61. The molecule has 1 aromatic carbocycles.